The lowest BCUT2D eigenvalue weighted by atomic mass is 9.90. The summed E-state index contributed by atoms with van der Waals surface area (Å²) in [5, 5.41) is 28.9. The highest BCUT2D eigenvalue weighted by Crippen LogP contribution is 2.33. The smallest absolute Gasteiger partial charge is 0.158 e. The summed E-state index contributed by atoms with van der Waals surface area (Å²) in [5.74, 6) is -0.577. The molecule has 0 aliphatic heterocycles. The Labute approximate surface area is 162 Å². The molecule has 0 heterocycles. The molecule has 0 aromatic rings. The molecule has 0 radical (unpaired) electrons. The van der Waals surface area contributed by atoms with E-state index in [1.54, 1.807) is 0 Å². The highest BCUT2D eigenvalue weighted by atomic mass is 16.3. The first-order valence-electron chi connectivity index (χ1n) is 9.91. The van der Waals surface area contributed by atoms with Crippen LogP contribution in [0.3, 0.4) is 0 Å². The molecule has 1 aliphatic carbocycles. The molecule has 0 spiro atoms. The summed E-state index contributed by atoms with van der Waals surface area (Å²) in [6.45, 7) is 5.52. The quantitative estimate of drug-likeness (QED) is 0.338. The van der Waals surface area contributed by atoms with Gasteiger partial charge in [0.25, 0.3) is 0 Å². The van der Waals surface area contributed by atoms with E-state index in [1.165, 1.54) is 0 Å². The second kappa shape index (κ2) is 12.8. The van der Waals surface area contributed by atoms with Crippen molar-refractivity contribution in [2.75, 3.05) is 6.61 Å². The lowest BCUT2D eigenvalue weighted by Crippen LogP contribution is -2.18. The maximum Gasteiger partial charge on any atom is 0.158 e. The fourth-order valence-electron chi connectivity index (χ4n) is 3.40. The van der Waals surface area contributed by atoms with Crippen LogP contribution in [0.5, 0.6) is 0 Å². The first-order chi connectivity index (χ1) is 12.9. The van der Waals surface area contributed by atoms with Crippen LogP contribution in [0.2, 0.25) is 0 Å². The van der Waals surface area contributed by atoms with Gasteiger partial charge in [-0.1, -0.05) is 44.2 Å². The fourth-order valence-corrected chi connectivity index (χ4v) is 3.40. The number of aliphatic hydroxyl groups excluding tert-OH is 3. The predicted octanol–water partition coefficient (Wildman–Crippen LogP) is 2.89. The predicted molar refractivity (Wildman–Crippen MR) is 106 cm³/mol. The number of Topliss-reactive ketones (excluding diaryl/α,β-unsaturated/α-hetero) is 2. The van der Waals surface area contributed by atoms with Crippen molar-refractivity contribution in [1.29, 1.82) is 0 Å². The number of unbranched alkanes of at least 4 members (excludes halogenated alkanes) is 1. The van der Waals surface area contributed by atoms with E-state index in [-0.39, 0.29) is 29.8 Å². The highest BCUT2D eigenvalue weighted by Gasteiger charge is 2.39. The van der Waals surface area contributed by atoms with Gasteiger partial charge in [0.15, 0.2) is 5.78 Å². The molecular weight excluding hydrogens is 344 g/mol. The van der Waals surface area contributed by atoms with Crippen LogP contribution in [-0.2, 0) is 9.59 Å². The Morgan fingerprint density at radius 3 is 2.70 bits per heavy atom. The highest BCUT2D eigenvalue weighted by molar-refractivity contribution is 5.84. The number of ketones is 2. The number of hydrogen-bond donors (Lipinski definition) is 3. The van der Waals surface area contributed by atoms with Crippen molar-refractivity contribution in [2.24, 2.45) is 11.8 Å². The van der Waals surface area contributed by atoms with E-state index in [2.05, 4.69) is 6.58 Å². The minimum Gasteiger partial charge on any atom is -0.392 e. The molecule has 1 saturated carbocycles. The third-order valence-corrected chi connectivity index (χ3v) is 5.05. The number of aliphatic hydroxyl groups is 3. The maximum atomic E-state index is 12.2. The lowest BCUT2D eigenvalue weighted by molar-refractivity contribution is -0.122. The minimum absolute atomic E-state index is 0.0631. The van der Waals surface area contributed by atoms with Gasteiger partial charge in [0.2, 0.25) is 0 Å². The zero-order valence-electron chi connectivity index (χ0n) is 16.3. The molecule has 1 rings (SSSR count). The average molecular weight is 379 g/mol. The number of rotatable bonds is 13. The summed E-state index contributed by atoms with van der Waals surface area (Å²) in [7, 11) is 0. The molecule has 1 fully saturated rings. The Hall–Kier alpha value is -1.56. The van der Waals surface area contributed by atoms with E-state index in [9.17, 15) is 19.8 Å². The molecule has 0 aromatic heterocycles. The maximum absolute atomic E-state index is 12.2. The van der Waals surface area contributed by atoms with E-state index >= 15 is 0 Å². The number of hydrogen-bond acceptors (Lipinski definition) is 5. The standard InChI is InChI=1S/C22H34O5/c1-3-9-16(2)20(25)13-8-12-19-18(21(26)14-22(19)27)11-7-5-4-6-10-17(24)15-23/h5,7-8,12,18-20,22-23,25,27H,2-4,6,9-11,13-15H2,1H3/b7-5-,12-8+/t18-,19-,20?,22-/m1/s1. The Bertz CT molecular complexity index is 549. The van der Waals surface area contributed by atoms with Gasteiger partial charge in [-0.25, -0.2) is 0 Å². The minimum atomic E-state index is -0.676. The zero-order chi connectivity index (χ0) is 20.2. The van der Waals surface area contributed by atoms with Crippen molar-refractivity contribution >= 4 is 11.6 Å². The van der Waals surface area contributed by atoms with Crippen LogP contribution >= 0.6 is 0 Å². The molecule has 1 aliphatic rings. The molecule has 0 bridgehead atoms. The normalized spacial score (nSPS) is 24.1. The van der Waals surface area contributed by atoms with Crippen LogP contribution in [-0.4, -0.2) is 45.7 Å². The van der Waals surface area contributed by atoms with E-state index in [4.69, 9.17) is 5.11 Å². The van der Waals surface area contributed by atoms with Crippen molar-refractivity contribution in [3.63, 3.8) is 0 Å². The van der Waals surface area contributed by atoms with E-state index in [1.807, 2.05) is 31.2 Å². The topological polar surface area (TPSA) is 94.8 Å². The molecule has 1 unspecified atom stereocenters. The Balaban J connectivity index is 2.49. The number of allylic oxidation sites excluding steroid dienone is 2. The van der Waals surface area contributed by atoms with Crippen LogP contribution in [0.1, 0.15) is 58.3 Å². The first-order valence-corrected chi connectivity index (χ1v) is 9.91. The van der Waals surface area contributed by atoms with Crippen molar-refractivity contribution in [3.05, 3.63) is 36.5 Å². The van der Waals surface area contributed by atoms with Crippen LogP contribution in [0.4, 0.5) is 0 Å². The Morgan fingerprint density at radius 2 is 2.04 bits per heavy atom. The zero-order valence-corrected chi connectivity index (χ0v) is 16.3. The van der Waals surface area contributed by atoms with E-state index in [0.29, 0.717) is 25.7 Å². The third kappa shape index (κ3) is 8.33. The van der Waals surface area contributed by atoms with Gasteiger partial charge in [0.1, 0.15) is 12.4 Å². The van der Waals surface area contributed by atoms with Gasteiger partial charge in [-0.2, -0.15) is 0 Å². The van der Waals surface area contributed by atoms with E-state index in [0.717, 1.165) is 24.8 Å². The summed E-state index contributed by atoms with van der Waals surface area (Å²) < 4.78 is 0. The number of carbonyl (C=O) groups is 2. The van der Waals surface area contributed by atoms with Crippen LogP contribution in [0.25, 0.3) is 0 Å². The van der Waals surface area contributed by atoms with Crippen molar-refractivity contribution < 1.29 is 24.9 Å². The Morgan fingerprint density at radius 1 is 1.30 bits per heavy atom. The van der Waals surface area contributed by atoms with Gasteiger partial charge in [-0.05, 0) is 37.7 Å². The molecule has 0 aromatic carbocycles. The first kappa shape index (κ1) is 23.5. The second-order valence-corrected chi connectivity index (χ2v) is 7.31. The van der Waals surface area contributed by atoms with Gasteiger partial charge in [-0.3, -0.25) is 9.59 Å². The van der Waals surface area contributed by atoms with Gasteiger partial charge >= 0.3 is 0 Å². The average Bonchev–Trinajstić information content (AvgIpc) is 2.90. The third-order valence-electron chi connectivity index (χ3n) is 5.05. The summed E-state index contributed by atoms with van der Waals surface area (Å²) in [6.07, 6.45) is 11.0. The van der Waals surface area contributed by atoms with Crippen molar-refractivity contribution in [3.8, 4) is 0 Å². The molecule has 152 valence electrons. The monoisotopic (exact) mass is 378 g/mol. The molecule has 27 heavy (non-hydrogen) atoms. The fraction of sp³-hybridized carbons (Fsp3) is 0.636. The van der Waals surface area contributed by atoms with Gasteiger partial charge in [0.05, 0.1) is 12.2 Å². The van der Waals surface area contributed by atoms with Crippen LogP contribution < -0.4 is 0 Å². The molecule has 4 atom stereocenters. The van der Waals surface area contributed by atoms with Gasteiger partial charge < -0.3 is 15.3 Å². The molecule has 0 amide bonds. The van der Waals surface area contributed by atoms with Crippen molar-refractivity contribution in [2.45, 2.75) is 70.5 Å². The second-order valence-electron chi connectivity index (χ2n) is 7.31. The lowest BCUT2D eigenvalue weighted by Gasteiger charge is -2.16. The largest absolute Gasteiger partial charge is 0.392 e. The van der Waals surface area contributed by atoms with Crippen molar-refractivity contribution in [1.82, 2.24) is 0 Å². The molecule has 3 N–H and O–H groups in total. The van der Waals surface area contributed by atoms with Crippen LogP contribution in [0.15, 0.2) is 36.5 Å². The molecule has 5 nitrogen and oxygen atoms in total. The van der Waals surface area contributed by atoms with Gasteiger partial charge in [0, 0.05) is 24.7 Å². The number of carbonyl (C=O) groups excluding carboxylic acids is 2. The summed E-state index contributed by atoms with van der Waals surface area (Å²) in [6, 6.07) is 0. The van der Waals surface area contributed by atoms with Crippen LogP contribution in [0, 0.1) is 11.8 Å². The van der Waals surface area contributed by atoms with Gasteiger partial charge in [-0.15, -0.1) is 0 Å². The summed E-state index contributed by atoms with van der Waals surface area (Å²) in [5.41, 5.74) is 0.810. The van der Waals surface area contributed by atoms with E-state index < -0.39 is 18.8 Å². The summed E-state index contributed by atoms with van der Waals surface area (Å²) >= 11 is 0. The molecular formula is C22H34O5. The molecule has 0 saturated heterocycles. The molecule has 5 heteroatoms. The Kier molecular flexibility index (Phi) is 11.1. The SMILES string of the molecule is C=C(CCC)C(O)C/C=C/[C@H]1[C@H](O)CC(=O)[C@@H]1C/C=C\CCCC(=O)CO. The summed E-state index contributed by atoms with van der Waals surface area (Å²) in [4.78, 5) is 23.2.